The second-order valence-corrected chi connectivity index (χ2v) is 3.21. The SMILES string of the molecule is O=C(O)c1coc(Oc2cccc(CO)c2)n1. The molecule has 2 aromatic rings. The molecule has 2 N–H and O–H groups in total. The van der Waals surface area contributed by atoms with Crippen LogP contribution in [0.25, 0.3) is 0 Å². The number of hydrogen-bond acceptors (Lipinski definition) is 5. The highest BCUT2D eigenvalue weighted by atomic mass is 16.6. The van der Waals surface area contributed by atoms with Crippen molar-refractivity contribution < 1.29 is 24.2 Å². The van der Waals surface area contributed by atoms with Gasteiger partial charge in [0.1, 0.15) is 12.0 Å². The van der Waals surface area contributed by atoms with E-state index in [1.807, 2.05) is 0 Å². The second kappa shape index (κ2) is 4.67. The van der Waals surface area contributed by atoms with Crippen LogP contribution in [0.2, 0.25) is 0 Å². The molecule has 0 spiro atoms. The number of hydrogen-bond donors (Lipinski definition) is 2. The molecule has 0 aliphatic carbocycles. The van der Waals surface area contributed by atoms with Crippen molar-refractivity contribution in [3.8, 4) is 11.8 Å². The molecule has 6 nitrogen and oxygen atoms in total. The maximum atomic E-state index is 10.6. The largest absolute Gasteiger partial charge is 0.476 e. The maximum absolute atomic E-state index is 10.6. The molecule has 0 bridgehead atoms. The van der Waals surface area contributed by atoms with Gasteiger partial charge in [-0.15, -0.1) is 0 Å². The Labute approximate surface area is 96.1 Å². The third-order valence-electron chi connectivity index (χ3n) is 1.99. The molecule has 1 heterocycles. The van der Waals surface area contributed by atoms with Crippen molar-refractivity contribution in [3.05, 3.63) is 41.8 Å². The summed E-state index contributed by atoms with van der Waals surface area (Å²) < 4.78 is 10.0. The molecule has 0 saturated heterocycles. The minimum atomic E-state index is -1.19. The summed E-state index contributed by atoms with van der Waals surface area (Å²) in [6.45, 7) is -0.108. The number of ether oxygens (including phenoxy) is 1. The van der Waals surface area contributed by atoms with Gasteiger partial charge in [0, 0.05) is 0 Å². The van der Waals surface area contributed by atoms with Gasteiger partial charge in [-0.25, -0.2) is 4.79 Å². The van der Waals surface area contributed by atoms with Gasteiger partial charge >= 0.3 is 12.0 Å². The van der Waals surface area contributed by atoms with Crippen molar-refractivity contribution in [2.24, 2.45) is 0 Å². The van der Waals surface area contributed by atoms with Crippen LogP contribution in [0.1, 0.15) is 16.1 Å². The zero-order valence-electron chi connectivity index (χ0n) is 8.66. The number of oxazole rings is 1. The van der Waals surface area contributed by atoms with Crippen LogP contribution >= 0.6 is 0 Å². The molecule has 0 atom stereocenters. The predicted molar refractivity (Wildman–Crippen MR) is 55.9 cm³/mol. The first-order valence-corrected chi connectivity index (χ1v) is 4.75. The van der Waals surface area contributed by atoms with Gasteiger partial charge in [0.25, 0.3) is 0 Å². The molecule has 0 fully saturated rings. The molecule has 0 aliphatic heterocycles. The molecular weight excluding hydrogens is 226 g/mol. The van der Waals surface area contributed by atoms with Crippen molar-refractivity contribution in [2.75, 3.05) is 0 Å². The lowest BCUT2D eigenvalue weighted by atomic mass is 10.2. The number of rotatable bonds is 4. The van der Waals surface area contributed by atoms with Gasteiger partial charge in [-0.05, 0) is 17.7 Å². The zero-order chi connectivity index (χ0) is 12.3. The smallest absolute Gasteiger partial charge is 0.399 e. The average molecular weight is 235 g/mol. The molecule has 0 radical (unpaired) electrons. The van der Waals surface area contributed by atoms with Crippen LogP contribution in [0, 0.1) is 0 Å². The van der Waals surface area contributed by atoms with E-state index in [9.17, 15) is 4.79 Å². The maximum Gasteiger partial charge on any atom is 0.399 e. The van der Waals surface area contributed by atoms with E-state index in [0.29, 0.717) is 11.3 Å². The first-order chi connectivity index (χ1) is 8.19. The Bertz CT molecular complexity index is 534. The molecule has 0 aliphatic rings. The number of aliphatic hydroxyl groups is 1. The molecule has 2 rings (SSSR count). The van der Waals surface area contributed by atoms with Gasteiger partial charge in [0.05, 0.1) is 6.61 Å². The number of carboxylic acids is 1. The van der Waals surface area contributed by atoms with E-state index in [4.69, 9.17) is 19.4 Å². The Balaban J connectivity index is 2.16. The fourth-order valence-electron chi connectivity index (χ4n) is 1.21. The molecule has 0 amide bonds. The number of aromatic nitrogens is 1. The number of benzene rings is 1. The van der Waals surface area contributed by atoms with Crippen LogP contribution in [0.4, 0.5) is 0 Å². The molecule has 6 heteroatoms. The summed E-state index contributed by atoms with van der Waals surface area (Å²) >= 11 is 0. The molecular formula is C11H9NO5. The Morgan fingerprint density at radius 3 is 2.94 bits per heavy atom. The minimum Gasteiger partial charge on any atom is -0.476 e. The second-order valence-electron chi connectivity index (χ2n) is 3.21. The normalized spacial score (nSPS) is 10.2. The fourth-order valence-corrected chi connectivity index (χ4v) is 1.21. The van der Waals surface area contributed by atoms with E-state index in [1.54, 1.807) is 24.3 Å². The van der Waals surface area contributed by atoms with Gasteiger partial charge in [0.2, 0.25) is 0 Å². The summed E-state index contributed by atoms with van der Waals surface area (Å²) in [7, 11) is 0. The predicted octanol–water partition coefficient (Wildman–Crippen LogP) is 1.66. The number of aliphatic hydroxyl groups excluding tert-OH is 1. The number of nitrogens with zero attached hydrogens (tertiary/aromatic N) is 1. The number of carbonyl (C=O) groups is 1. The molecule has 17 heavy (non-hydrogen) atoms. The quantitative estimate of drug-likeness (QED) is 0.837. The van der Waals surface area contributed by atoms with E-state index in [0.717, 1.165) is 6.26 Å². The van der Waals surface area contributed by atoms with Crippen LogP contribution in [0.3, 0.4) is 0 Å². The zero-order valence-corrected chi connectivity index (χ0v) is 8.66. The highest BCUT2D eigenvalue weighted by Gasteiger charge is 2.11. The summed E-state index contributed by atoms with van der Waals surface area (Å²) in [5.74, 6) is -0.775. The molecule has 0 saturated carbocycles. The lowest BCUT2D eigenvalue weighted by Gasteiger charge is -2.01. The average Bonchev–Trinajstić information content (AvgIpc) is 2.78. The first-order valence-electron chi connectivity index (χ1n) is 4.75. The lowest BCUT2D eigenvalue weighted by molar-refractivity contribution is 0.0690. The Morgan fingerprint density at radius 2 is 2.29 bits per heavy atom. The van der Waals surface area contributed by atoms with E-state index in [-0.39, 0.29) is 18.4 Å². The summed E-state index contributed by atoms with van der Waals surface area (Å²) in [6, 6.07) is 6.67. The summed E-state index contributed by atoms with van der Waals surface area (Å²) in [4.78, 5) is 14.2. The Kier molecular flexibility index (Phi) is 3.06. The monoisotopic (exact) mass is 235 g/mol. The highest BCUT2D eigenvalue weighted by molar-refractivity contribution is 5.84. The van der Waals surface area contributed by atoms with Gasteiger partial charge < -0.3 is 19.4 Å². The van der Waals surface area contributed by atoms with Crippen LogP contribution in [-0.2, 0) is 6.61 Å². The van der Waals surface area contributed by atoms with Crippen LogP contribution in [0.5, 0.6) is 11.8 Å². The lowest BCUT2D eigenvalue weighted by Crippen LogP contribution is -1.95. The van der Waals surface area contributed by atoms with Crippen molar-refractivity contribution in [2.45, 2.75) is 6.61 Å². The van der Waals surface area contributed by atoms with E-state index >= 15 is 0 Å². The number of aromatic carboxylic acids is 1. The van der Waals surface area contributed by atoms with Crippen molar-refractivity contribution >= 4 is 5.97 Å². The van der Waals surface area contributed by atoms with E-state index < -0.39 is 5.97 Å². The Morgan fingerprint density at radius 1 is 1.47 bits per heavy atom. The number of carboxylic acid groups (broad SMARTS) is 1. The summed E-state index contributed by atoms with van der Waals surface area (Å²) in [6.07, 6.45) is 0.839. The van der Waals surface area contributed by atoms with Crippen LogP contribution in [0.15, 0.2) is 34.9 Å². The summed E-state index contributed by atoms with van der Waals surface area (Å²) in [5, 5.41) is 17.6. The fraction of sp³-hybridized carbons (Fsp3) is 0.0909. The van der Waals surface area contributed by atoms with E-state index in [2.05, 4.69) is 4.98 Å². The standard InChI is InChI=1S/C11H9NO5/c13-5-7-2-1-3-8(4-7)17-11-12-9(6-16-11)10(14)15/h1-4,6,13H,5H2,(H,14,15). The minimum absolute atomic E-state index is 0.108. The van der Waals surface area contributed by atoms with Crippen molar-refractivity contribution in [3.63, 3.8) is 0 Å². The first kappa shape index (κ1) is 11.2. The van der Waals surface area contributed by atoms with Gasteiger partial charge in [-0.1, -0.05) is 12.1 Å². The molecule has 88 valence electrons. The van der Waals surface area contributed by atoms with Gasteiger partial charge in [-0.3, -0.25) is 0 Å². The topological polar surface area (TPSA) is 92.8 Å². The van der Waals surface area contributed by atoms with Crippen molar-refractivity contribution in [1.82, 2.24) is 4.98 Å². The summed E-state index contributed by atoms with van der Waals surface area (Å²) in [5.41, 5.74) is 0.450. The Hall–Kier alpha value is -2.34. The third kappa shape index (κ3) is 2.61. The molecule has 1 aromatic carbocycles. The van der Waals surface area contributed by atoms with Crippen LogP contribution in [-0.4, -0.2) is 21.2 Å². The third-order valence-corrected chi connectivity index (χ3v) is 1.99. The van der Waals surface area contributed by atoms with Crippen molar-refractivity contribution in [1.29, 1.82) is 0 Å². The van der Waals surface area contributed by atoms with Crippen LogP contribution < -0.4 is 4.74 Å². The molecule has 0 unspecified atom stereocenters. The van der Waals surface area contributed by atoms with E-state index in [1.165, 1.54) is 0 Å². The highest BCUT2D eigenvalue weighted by Crippen LogP contribution is 2.21. The molecule has 1 aromatic heterocycles. The van der Waals surface area contributed by atoms with Gasteiger partial charge in [0.15, 0.2) is 5.69 Å². The van der Waals surface area contributed by atoms with Gasteiger partial charge in [-0.2, -0.15) is 4.98 Å².